The molecule has 11 heteroatoms. The number of nitro groups is 1. The van der Waals surface area contributed by atoms with Gasteiger partial charge in [0.1, 0.15) is 12.3 Å². The maximum Gasteiger partial charge on any atom is 0.343 e. The monoisotopic (exact) mass is 583 g/mol. The molecule has 0 bridgehead atoms. The largest absolute Gasteiger partial charge is 0.423 e. The highest BCUT2D eigenvalue weighted by atomic mass is 16.6. The highest BCUT2D eigenvalue weighted by Crippen LogP contribution is 2.41. The summed E-state index contributed by atoms with van der Waals surface area (Å²) in [7, 11) is 0. The lowest BCUT2D eigenvalue weighted by molar-refractivity contribution is -0.384. The Balaban J connectivity index is 1.38. The number of amides is 3. The maximum absolute atomic E-state index is 13.7. The van der Waals surface area contributed by atoms with E-state index in [-0.39, 0.29) is 28.5 Å². The lowest BCUT2D eigenvalue weighted by atomic mass is 9.76. The third-order valence-corrected chi connectivity index (χ3v) is 7.93. The number of hydrogen-bond donors (Lipinski definition) is 0. The average Bonchev–Trinajstić information content (AvgIpc) is 3.24. The van der Waals surface area contributed by atoms with Crippen LogP contribution in [0.4, 0.5) is 5.69 Å². The minimum Gasteiger partial charge on any atom is -0.423 e. The normalized spacial score (nSPS) is 19.5. The summed E-state index contributed by atoms with van der Waals surface area (Å²) in [6, 6.07) is 17.3. The van der Waals surface area contributed by atoms with Crippen LogP contribution in [0.3, 0.4) is 0 Å². The Morgan fingerprint density at radius 3 is 2.07 bits per heavy atom. The number of hydrazine groups is 1. The number of nitrogens with zero attached hydrogens (tertiary/aromatic N) is 3. The van der Waals surface area contributed by atoms with Crippen molar-refractivity contribution in [3.05, 3.63) is 105 Å². The zero-order valence-electron chi connectivity index (χ0n) is 23.6. The SMILES string of the molecule is Cc1ccc(C(=O)Oc2ccc(C(=O)CN(C(=O)c3ccc([N+](=O)[O-])cc3)N3C(=O)[C@@H]4CC[C@@H](C)C[C@H]4C3=O)cc2)cc1. The molecule has 11 nitrogen and oxygen atoms in total. The lowest BCUT2D eigenvalue weighted by Gasteiger charge is -2.30. The number of benzene rings is 3. The lowest BCUT2D eigenvalue weighted by Crippen LogP contribution is -2.52. The summed E-state index contributed by atoms with van der Waals surface area (Å²) in [6.07, 6.45) is 1.77. The number of ether oxygens (including phenoxy) is 1. The average molecular weight is 584 g/mol. The van der Waals surface area contributed by atoms with E-state index in [0.29, 0.717) is 18.4 Å². The van der Waals surface area contributed by atoms with E-state index >= 15 is 0 Å². The number of ketones is 1. The molecular formula is C32H29N3O8. The molecule has 0 unspecified atom stereocenters. The molecule has 43 heavy (non-hydrogen) atoms. The fourth-order valence-electron chi connectivity index (χ4n) is 5.51. The summed E-state index contributed by atoms with van der Waals surface area (Å²) in [5.74, 6) is -3.77. The first-order valence-electron chi connectivity index (χ1n) is 13.9. The van der Waals surface area contributed by atoms with Gasteiger partial charge in [-0.25, -0.2) is 9.80 Å². The molecule has 1 saturated heterocycles. The summed E-state index contributed by atoms with van der Waals surface area (Å²) < 4.78 is 5.39. The van der Waals surface area contributed by atoms with Crippen LogP contribution in [0.15, 0.2) is 72.8 Å². The minimum atomic E-state index is -0.819. The number of carbonyl (C=O) groups is 5. The van der Waals surface area contributed by atoms with Gasteiger partial charge in [0.05, 0.1) is 22.3 Å². The molecule has 3 aromatic rings. The third-order valence-electron chi connectivity index (χ3n) is 7.93. The summed E-state index contributed by atoms with van der Waals surface area (Å²) in [4.78, 5) is 76.9. The van der Waals surface area contributed by atoms with Gasteiger partial charge >= 0.3 is 5.97 Å². The number of imide groups is 1. The predicted molar refractivity (Wildman–Crippen MR) is 153 cm³/mol. The summed E-state index contributed by atoms with van der Waals surface area (Å²) >= 11 is 0. The van der Waals surface area contributed by atoms with E-state index in [1.54, 1.807) is 24.3 Å². The molecule has 1 aliphatic carbocycles. The quantitative estimate of drug-likeness (QED) is 0.0920. The van der Waals surface area contributed by atoms with Crippen molar-refractivity contribution in [2.24, 2.45) is 17.8 Å². The van der Waals surface area contributed by atoms with E-state index in [4.69, 9.17) is 4.74 Å². The maximum atomic E-state index is 13.7. The first-order chi connectivity index (χ1) is 20.5. The smallest absolute Gasteiger partial charge is 0.343 e. The van der Waals surface area contributed by atoms with E-state index in [1.165, 1.54) is 36.4 Å². The molecule has 5 rings (SSSR count). The van der Waals surface area contributed by atoms with Gasteiger partial charge in [-0.15, -0.1) is 0 Å². The van der Waals surface area contributed by atoms with Crippen LogP contribution in [0.2, 0.25) is 0 Å². The van der Waals surface area contributed by atoms with E-state index in [9.17, 15) is 34.1 Å². The van der Waals surface area contributed by atoms with Gasteiger partial charge < -0.3 is 4.74 Å². The van der Waals surface area contributed by atoms with Gasteiger partial charge in [0, 0.05) is 23.3 Å². The topological polar surface area (TPSA) is 144 Å². The number of nitro benzene ring substituents is 1. The van der Waals surface area contributed by atoms with Gasteiger partial charge in [0.2, 0.25) is 0 Å². The van der Waals surface area contributed by atoms with Crippen LogP contribution in [-0.2, 0) is 9.59 Å². The van der Waals surface area contributed by atoms with Crippen LogP contribution in [0, 0.1) is 34.8 Å². The Kier molecular flexibility index (Phi) is 8.16. The fraction of sp³-hybridized carbons (Fsp3) is 0.281. The van der Waals surface area contributed by atoms with Crippen molar-refractivity contribution in [3.63, 3.8) is 0 Å². The Labute approximate surface area is 247 Å². The minimum absolute atomic E-state index is 0.0272. The van der Waals surface area contributed by atoms with E-state index in [1.807, 2.05) is 13.8 Å². The first-order valence-corrected chi connectivity index (χ1v) is 13.9. The van der Waals surface area contributed by atoms with Crippen molar-refractivity contribution >= 4 is 35.2 Å². The van der Waals surface area contributed by atoms with Crippen LogP contribution in [0.1, 0.15) is 62.8 Å². The van der Waals surface area contributed by atoms with Gasteiger partial charge in [-0.2, -0.15) is 5.01 Å². The molecular weight excluding hydrogens is 554 g/mol. The van der Waals surface area contributed by atoms with Gasteiger partial charge in [-0.1, -0.05) is 24.6 Å². The molecule has 220 valence electrons. The van der Waals surface area contributed by atoms with Gasteiger partial charge in [-0.3, -0.25) is 29.3 Å². The van der Waals surface area contributed by atoms with Crippen LogP contribution in [-0.4, -0.2) is 51.0 Å². The van der Waals surface area contributed by atoms with Crippen molar-refractivity contribution in [2.75, 3.05) is 6.54 Å². The number of rotatable bonds is 8. The van der Waals surface area contributed by atoms with Gasteiger partial charge in [0.25, 0.3) is 23.4 Å². The molecule has 3 atom stereocenters. The summed E-state index contributed by atoms with van der Waals surface area (Å²) in [5, 5.41) is 12.7. The molecule has 0 spiro atoms. The van der Waals surface area contributed by atoms with Crippen molar-refractivity contribution < 1.29 is 33.6 Å². The van der Waals surface area contributed by atoms with Crippen molar-refractivity contribution in [1.29, 1.82) is 0 Å². The second kappa shape index (κ2) is 12.0. The Morgan fingerprint density at radius 2 is 1.44 bits per heavy atom. The molecule has 3 amide bonds. The molecule has 0 aromatic heterocycles. The number of fused-ring (bicyclic) bond motifs is 1. The predicted octanol–water partition coefficient (Wildman–Crippen LogP) is 4.78. The second-order valence-corrected chi connectivity index (χ2v) is 11.0. The van der Waals surface area contributed by atoms with Crippen molar-refractivity contribution in [3.8, 4) is 5.75 Å². The zero-order valence-corrected chi connectivity index (χ0v) is 23.6. The van der Waals surface area contributed by atoms with Gasteiger partial charge in [-0.05, 0) is 80.6 Å². The molecule has 0 N–H and O–H groups in total. The Hall–Kier alpha value is -5.19. The first kappa shape index (κ1) is 29.3. The van der Waals surface area contributed by atoms with Crippen LogP contribution < -0.4 is 4.74 Å². The third kappa shape index (κ3) is 6.06. The summed E-state index contributed by atoms with van der Waals surface area (Å²) in [5.41, 5.74) is 1.24. The van der Waals surface area contributed by atoms with Crippen LogP contribution in [0.25, 0.3) is 0 Å². The molecule has 1 saturated carbocycles. The Morgan fingerprint density at radius 1 is 0.860 bits per heavy atom. The number of esters is 1. The van der Waals surface area contributed by atoms with E-state index < -0.39 is 52.8 Å². The zero-order chi connectivity index (χ0) is 30.8. The van der Waals surface area contributed by atoms with Crippen LogP contribution >= 0.6 is 0 Å². The second-order valence-electron chi connectivity index (χ2n) is 11.0. The molecule has 1 aliphatic heterocycles. The highest BCUT2D eigenvalue weighted by Gasteiger charge is 2.52. The summed E-state index contributed by atoms with van der Waals surface area (Å²) in [6.45, 7) is 3.26. The van der Waals surface area contributed by atoms with Crippen LogP contribution in [0.5, 0.6) is 5.75 Å². The number of carbonyl (C=O) groups excluding carboxylic acids is 5. The van der Waals surface area contributed by atoms with Gasteiger partial charge in [0.15, 0.2) is 5.78 Å². The molecule has 1 heterocycles. The van der Waals surface area contributed by atoms with E-state index in [2.05, 4.69) is 0 Å². The number of non-ortho nitro benzene ring substituents is 1. The molecule has 2 fully saturated rings. The highest BCUT2D eigenvalue weighted by molar-refractivity contribution is 6.09. The number of Topliss-reactive ketones (excluding diaryl/α,β-unsaturated/α-hetero) is 1. The molecule has 3 aromatic carbocycles. The standard InChI is InChI=1S/C32H29N3O8/c1-19-3-6-23(7-4-19)32(40)43-25-14-10-21(11-15-25)28(36)18-33(29(37)22-8-12-24(13-9-22)35(41)42)34-30(38)26-16-5-20(2)17-27(26)31(34)39/h3-4,6-15,20,26-27H,5,16-18H2,1-2H3/t20-,26-,27-/m1/s1. The van der Waals surface area contributed by atoms with E-state index in [0.717, 1.165) is 34.1 Å². The molecule has 2 aliphatic rings. The van der Waals surface area contributed by atoms with Crippen molar-refractivity contribution in [2.45, 2.75) is 33.1 Å². The fourth-order valence-corrected chi connectivity index (χ4v) is 5.51. The number of hydrogen-bond acceptors (Lipinski definition) is 8. The Bertz CT molecular complexity index is 1600. The molecule has 0 radical (unpaired) electrons. The van der Waals surface area contributed by atoms with Crippen molar-refractivity contribution in [1.82, 2.24) is 10.0 Å². The number of aryl methyl sites for hydroxylation is 1.